The number of β-amino-alcohol motifs (C(OH)–C–C–N with tert-alkyl or cyclic N) is 1. The Bertz CT molecular complexity index is 643. The Morgan fingerprint density at radius 1 is 1.19 bits per heavy atom. The molecule has 0 bridgehead atoms. The summed E-state index contributed by atoms with van der Waals surface area (Å²) < 4.78 is 0. The zero-order chi connectivity index (χ0) is 18.6. The molecule has 0 radical (unpaired) electrons. The Labute approximate surface area is 156 Å². The lowest BCUT2D eigenvalue weighted by molar-refractivity contribution is -0.143. The molecule has 5 heteroatoms. The first-order chi connectivity index (χ1) is 12.5. The second-order valence-electron chi connectivity index (χ2n) is 7.94. The van der Waals surface area contributed by atoms with Crippen LogP contribution in [0.4, 0.5) is 0 Å². The van der Waals surface area contributed by atoms with Gasteiger partial charge in [-0.3, -0.25) is 9.59 Å². The molecule has 0 unspecified atom stereocenters. The van der Waals surface area contributed by atoms with Crippen LogP contribution >= 0.6 is 0 Å². The number of hydrogen-bond donors (Lipinski definition) is 1. The van der Waals surface area contributed by atoms with Crippen molar-refractivity contribution < 1.29 is 14.7 Å². The third-order valence-electron chi connectivity index (χ3n) is 5.88. The SMILES string of the molecule is Cc1ccc(CCC(=O)N2CCC[C@]3(CCC(=O)N(CCO)C3)C2)cc1. The average Bonchev–Trinajstić information content (AvgIpc) is 2.65. The van der Waals surface area contributed by atoms with Crippen LogP contribution in [0.5, 0.6) is 0 Å². The van der Waals surface area contributed by atoms with E-state index >= 15 is 0 Å². The normalized spacial score (nSPS) is 23.5. The number of piperidine rings is 2. The predicted octanol–water partition coefficient (Wildman–Crippen LogP) is 2.15. The third-order valence-corrected chi connectivity index (χ3v) is 5.88. The van der Waals surface area contributed by atoms with E-state index in [4.69, 9.17) is 0 Å². The maximum absolute atomic E-state index is 12.7. The van der Waals surface area contributed by atoms with Crippen LogP contribution in [0, 0.1) is 12.3 Å². The molecule has 2 amide bonds. The molecule has 142 valence electrons. The summed E-state index contributed by atoms with van der Waals surface area (Å²) in [5, 5.41) is 9.20. The van der Waals surface area contributed by atoms with Crippen molar-refractivity contribution in [2.75, 3.05) is 32.8 Å². The summed E-state index contributed by atoms with van der Waals surface area (Å²) >= 11 is 0. The van der Waals surface area contributed by atoms with E-state index in [1.54, 1.807) is 4.90 Å². The van der Waals surface area contributed by atoms with Gasteiger partial charge in [-0.05, 0) is 38.2 Å². The Balaban J connectivity index is 1.58. The number of amides is 2. The van der Waals surface area contributed by atoms with Gasteiger partial charge < -0.3 is 14.9 Å². The van der Waals surface area contributed by atoms with Crippen molar-refractivity contribution in [2.45, 2.75) is 45.4 Å². The minimum atomic E-state index is 0.00101. The molecular weight excluding hydrogens is 328 g/mol. The van der Waals surface area contributed by atoms with Crippen molar-refractivity contribution in [1.82, 2.24) is 9.80 Å². The van der Waals surface area contributed by atoms with Crippen LogP contribution in [-0.4, -0.2) is 59.5 Å². The number of aryl methyl sites for hydroxylation is 2. The summed E-state index contributed by atoms with van der Waals surface area (Å²) in [5.41, 5.74) is 2.45. The van der Waals surface area contributed by atoms with Gasteiger partial charge >= 0.3 is 0 Å². The number of benzene rings is 1. The zero-order valence-electron chi connectivity index (χ0n) is 15.7. The molecule has 2 heterocycles. The second-order valence-corrected chi connectivity index (χ2v) is 7.94. The molecule has 3 rings (SSSR count). The average molecular weight is 358 g/mol. The molecule has 1 aromatic carbocycles. The lowest BCUT2D eigenvalue weighted by atomic mass is 9.73. The monoisotopic (exact) mass is 358 g/mol. The van der Waals surface area contributed by atoms with Gasteiger partial charge in [-0.1, -0.05) is 29.8 Å². The second kappa shape index (κ2) is 8.21. The van der Waals surface area contributed by atoms with Crippen molar-refractivity contribution in [1.29, 1.82) is 0 Å². The topological polar surface area (TPSA) is 60.9 Å². The number of carbonyl (C=O) groups is 2. The minimum Gasteiger partial charge on any atom is -0.395 e. The molecule has 5 nitrogen and oxygen atoms in total. The number of rotatable bonds is 5. The smallest absolute Gasteiger partial charge is 0.222 e. The van der Waals surface area contributed by atoms with Crippen molar-refractivity contribution in [2.24, 2.45) is 5.41 Å². The number of nitrogens with zero attached hydrogens (tertiary/aromatic N) is 2. The van der Waals surface area contributed by atoms with Crippen molar-refractivity contribution in [3.63, 3.8) is 0 Å². The number of aliphatic hydroxyl groups is 1. The van der Waals surface area contributed by atoms with Crippen LogP contribution in [0.3, 0.4) is 0 Å². The molecule has 0 aliphatic carbocycles. The van der Waals surface area contributed by atoms with E-state index < -0.39 is 0 Å². The Morgan fingerprint density at radius 3 is 2.69 bits per heavy atom. The van der Waals surface area contributed by atoms with Gasteiger partial charge in [0.25, 0.3) is 0 Å². The summed E-state index contributed by atoms with van der Waals surface area (Å²) in [6.45, 7) is 4.71. The van der Waals surface area contributed by atoms with Crippen LogP contribution in [0.2, 0.25) is 0 Å². The maximum atomic E-state index is 12.7. The molecular formula is C21H30N2O3. The third kappa shape index (κ3) is 4.44. The van der Waals surface area contributed by atoms with Crippen molar-refractivity contribution in [3.8, 4) is 0 Å². The van der Waals surface area contributed by atoms with E-state index in [-0.39, 0.29) is 23.8 Å². The summed E-state index contributed by atoms with van der Waals surface area (Å²) in [7, 11) is 0. The quantitative estimate of drug-likeness (QED) is 0.877. The number of carbonyl (C=O) groups excluding carboxylic acids is 2. The molecule has 2 fully saturated rings. The van der Waals surface area contributed by atoms with Gasteiger partial charge in [0, 0.05) is 44.4 Å². The van der Waals surface area contributed by atoms with Gasteiger partial charge in [-0.15, -0.1) is 0 Å². The summed E-state index contributed by atoms with van der Waals surface area (Å²) in [6, 6.07) is 8.37. The molecule has 2 aliphatic heterocycles. The maximum Gasteiger partial charge on any atom is 0.222 e. The fraction of sp³-hybridized carbons (Fsp3) is 0.619. The van der Waals surface area contributed by atoms with Gasteiger partial charge in [0.1, 0.15) is 0 Å². The van der Waals surface area contributed by atoms with E-state index in [1.165, 1.54) is 11.1 Å². The van der Waals surface area contributed by atoms with Crippen LogP contribution in [0.25, 0.3) is 0 Å². The summed E-state index contributed by atoms with van der Waals surface area (Å²) in [5.74, 6) is 0.350. The van der Waals surface area contributed by atoms with E-state index in [0.717, 1.165) is 38.8 Å². The standard InChI is InChI=1S/C21H30N2O3/c1-17-3-5-18(6-4-17)7-8-19(25)22-12-2-10-21(15-22)11-9-20(26)23(16-21)13-14-24/h3-6,24H,2,7-16H2,1H3/t21-/m0/s1. The van der Waals surface area contributed by atoms with E-state index in [0.29, 0.717) is 25.9 Å². The molecule has 0 aromatic heterocycles. The van der Waals surface area contributed by atoms with E-state index in [1.807, 2.05) is 4.90 Å². The highest BCUT2D eigenvalue weighted by molar-refractivity contribution is 5.78. The van der Waals surface area contributed by atoms with Crippen LogP contribution < -0.4 is 0 Å². The highest BCUT2D eigenvalue weighted by Crippen LogP contribution is 2.39. The van der Waals surface area contributed by atoms with Crippen LogP contribution in [0.15, 0.2) is 24.3 Å². The molecule has 1 aromatic rings. The Kier molecular flexibility index (Phi) is 5.97. The van der Waals surface area contributed by atoms with Gasteiger partial charge in [-0.25, -0.2) is 0 Å². The molecule has 26 heavy (non-hydrogen) atoms. The molecule has 1 atom stereocenters. The van der Waals surface area contributed by atoms with Gasteiger partial charge in [-0.2, -0.15) is 0 Å². The summed E-state index contributed by atoms with van der Waals surface area (Å²) in [4.78, 5) is 28.6. The van der Waals surface area contributed by atoms with Gasteiger partial charge in [0.05, 0.1) is 6.61 Å². The highest BCUT2D eigenvalue weighted by Gasteiger charge is 2.42. The fourth-order valence-electron chi connectivity index (χ4n) is 4.34. The van der Waals surface area contributed by atoms with E-state index in [2.05, 4.69) is 31.2 Å². The molecule has 2 saturated heterocycles. The first kappa shape index (κ1) is 18.9. The first-order valence-corrected chi connectivity index (χ1v) is 9.73. The highest BCUT2D eigenvalue weighted by atomic mass is 16.3. The number of hydrogen-bond acceptors (Lipinski definition) is 3. The van der Waals surface area contributed by atoms with Gasteiger partial charge in [0.2, 0.25) is 11.8 Å². The Morgan fingerprint density at radius 2 is 1.96 bits per heavy atom. The molecule has 1 spiro atoms. The number of aliphatic hydroxyl groups excluding tert-OH is 1. The minimum absolute atomic E-state index is 0.00101. The fourth-order valence-corrected chi connectivity index (χ4v) is 4.34. The Hall–Kier alpha value is -1.88. The van der Waals surface area contributed by atoms with Gasteiger partial charge in [0.15, 0.2) is 0 Å². The molecule has 2 aliphatic rings. The lowest BCUT2D eigenvalue weighted by Gasteiger charge is -2.48. The number of likely N-dealkylation sites (tertiary alicyclic amines) is 2. The molecule has 0 saturated carbocycles. The zero-order valence-corrected chi connectivity index (χ0v) is 15.7. The van der Waals surface area contributed by atoms with Crippen molar-refractivity contribution >= 4 is 11.8 Å². The molecule has 1 N–H and O–H groups in total. The predicted molar refractivity (Wildman–Crippen MR) is 101 cm³/mol. The van der Waals surface area contributed by atoms with E-state index in [9.17, 15) is 14.7 Å². The summed E-state index contributed by atoms with van der Waals surface area (Å²) in [6.07, 6.45) is 4.76. The largest absolute Gasteiger partial charge is 0.395 e. The first-order valence-electron chi connectivity index (χ1n) is 9.73. The lowest BCUT2D eigenvalue weighted by Crippen LogP contribution is -2.55. The van der Waals surface area contributed by atoms with Crippen molar-refractivity contribution in [3.05, 3.63) is 35.4 Å². The van der Waals surface area contributed by atoms with Crippen LogP contribution in [0.1, 0.15) is 43.2 Å². The van der Waals surface area contributed by atoms with Crippen LogP contribution in [-0.2, 0) is 16.0 Å².